The van der Waals surface area contributed by atoms with Gasteiger partial charge in [-0.05, 0) is 65.3 Å². The summed E-state index contributed by atoms with van der Waals surface area (Å²) in [6, 6.07) is 0. The molecule has 0 unspecified atom stereocenters. The van der Waals surface area contributed by atoms with E-state index in [2.05, 4.69) is 34.3 Å². The lowest BCUT2D eigenvalue weighted by Gasteiger charge is -2.32. The van der Waals surface area contributed by atoms with Gasteiger partial charge >= 0.3 is 13.1 Å². The van der Waals surface area contributed by atoms with Crippen molar-refractivity contribution in [2.45, 2.75) is 84.3 Å². The molecule has 0 bridgehead atoms. The summed E-state index contributed by atoms with van der Waals surface area (Å²) in [5.41, 5.74) is 1.44. The second kappa shape index (κ2) is 8.09. The van der Waals surface area contributed by atoms with Crippen LogP contribution in [0.25, 0.3) is 0 Å². The summed E-state index contributed by atoms with van der Waals surface area (Å²) in [5, 5.41) is 0. The molecule has 2 fully saturated rings. The molecule has 1 saturated heterocycles. The van der Waals surface area contributed by atoms with Crippen molar-refractivity contribution in [3.05, 3.63) is 23.7 Å². The maximum atomic E-state index is 12.1. The minimum absolute atomic E-state index is 0.189. The van der Waals surface area contributed by atoms with Crippen molar-refractivity contribution in [2.75, 3.05) is 6.61 Å². The number of allylic oxidation sites excluding steroid dienone is 2. The number of esters is 1. The van der Waals surface area contributed by atoms with Crippen LogP contribution in [0.15, 0.2) is 23.7 Å². The molecule has 1 aliphatic carbocycles. The molecule has 0 radical (unpaired) electrons. The Kier molecular flexibility index (Phi) is 6.55. The van der Waals surface area contributed by atoms with Crippen molar-refractivity contribution in [3.63, 3.8) is 0 Å². The molecule has 0 aromatic carbocycles. The van der Waals surface area contributed by atoms with Gasteiger partial charge in [0.2, 0.25) is 0 Å². The van der Waals surface area contributed by atoms with Gasteiger partial charge in [0, 0.05) is 0 Å². The number of carbonyl (C=O) groups excluding carboxylic acids is 1. The van der Waals surface area contributed by atoms with E-state index in [1.807, 2.05) is 13.0 Å². The normalized spacial score (nSPS) is 23.5. The smallest absolute Gasteiger partial charge is 0.466 e. The summed E-state index contributed by atoms with van der Waals surface area (Å²) in [7, 11) is -0.391. The second-order valence-electron chi connectivity index (χ2n) is 8.10. The molecule has 0 aromatic rings. The van der Waals surface area contributed by atoms with Crippen LogP contribution < -0.4 is 0 Å². The van der Waals surface area contributed by atoms with Crippen molar-refractivity contribution >= 4 is 13.1 Å². The Morgan fingerprint density at radius 1 is 1.20 bits per heavy atom. The molecular weight excluding hydrogens is 315 g/mol. The number of rotatable bonds is 7. The largest absolute Gasteiger partial charge is 0.490 e. The van der Waals surface area contributed by atoms with E-state index >= 15 is 0 Å². The van der Waals surface area contributed by atoms with Crippen LogP contribution in [0.5, 0.6) is 0 Å². The number of hydrogen-bond acceptors (Lipinski definition) is 4. The minimum Gasteiger partial charge on any atom is -0.466 e. The predicted molar refractivity (Wildman–Crippen MR) is 101 cm³/mol. The van der Waals surface area contributed by atoms with Gasteiger partial charge in [-0.1, -0.05) is 24.5 Å². The third-order valence-corrected chi connectivity index (χ3v) is 5.76. The average Bonchev–Trinajstić information content (AvgIpc) is 3.07. The van der Waals surface area contributed by atoms with Crippen LogP contribution in [-0.2, 0) is 18.8 Å². The van der Waals surface area contributed by atoms with Gasteiger partial charge in [-0.25, -0.2) is 0 Å². The number of hydrogen-bond donors (Lipinski definition) is 0. The van der Waals surface area contributed by atoms with Crippen LogP contribution in [0.2, 0.25) is 0 Å². The van der Waals surface area contributed by atoms with Crippen LogP contribution in [0.4, 0.5) is 0 Å². The van der Waals surface area contributed by atoms with Crippen molar-refractivity contribution in [3.8, 4) is 0 Å². The molecule has 0 amide bonds. The van der Waals surface area contributed by atoms with Gasteiger partial charge < -0.3 is 14.0 Å². The SMILES string of the molecule is C=CC/C(CC(=O)OCC)=C(\B1OC(C)(C)C(C)(C)O1)C1CCCC1. The summed E-state index contributed by atoms with van der Waals surface area (Å²) in [4.78, 5) is 12.1. The van der Waals surface area contributed by atoms with Crippen LogP contribution in [0.1, 0.15) is 73.1 Å². The first-order valence-corrected chi connectivity index (χ1v) is 9.55. The van der Waals surface area contributed by atoms with Crippen molar-refractivity contribution in [1.82, 2.24) is 0 Å². The van der Waals surface area contributed by atoms with E-state index < -0.39 is 7.12 Å². The lowest BCUT2D eigenvalue weighted by Crippen LogP contribution is -2.41. The van der Waals surface area contributed by atoms with Crippen LogP contribution in [-0.4, -0.2) is 30.9 Å². The molecule has 0 atom stereocenters. The number of ether oxygens (including phenoxy) is 1. The van der Waals surface area contributed by atoms with Gasteiger partial charge in [-0.3, -0.25) is 4.79 Å². The molecule has 2 aliphatic rings. The molecule has 1 heterocycles. The number of carbonyl (C=O) groups is 1. The standard InChI is InChI=1S/C20H33BO4/c1-7-11-16(14-17(22)23-8-2)18(15-12-9-10-13-15)21-24-19(3,4)20(5,6)25-21/h7,15H,1,8-14H2,2-6H3/b18-16+. The Morgan fingerprint density at radius 2 is 1.76 bits per heavy atom. The Hall–Kier alpha value is -1.07. The quantitative estimate of drug-likeness (QED) is 0.382. The Bertz CT molecular complexity index is 514. The van der Waals surface area contributed by atoms with E-state index in [0.717, 1.165) is 23.9 Å². The third kappa shape index (κ3) is 4.56. The molecule has 1 saturated carbocycles. The van der Waals surface area contributed by atoms with Gasteiger partial charge in [0.25, 0.3) is 0 Å². The fourth-order valence-electron chi connectivity index (χ4n) is 3.71. The molecule has 140 valence electrons. The second-order valence-corrected chi connectivity index (χ2v) is 8.10. The first-order valence-electron chi connectivity index (χ1n) is 9.55. The van der Waals surface area contributed by atoms with E-state index in [-0.39, 0.29) is 23.6 Å². The van der Waals surface area contributed by atoms with Crippen LogP contribution in [0.3, 0.4) is 0 Å². The molecule has 5 heteroatoms. The van der Waals surface area contributed by atoms with Gasteiger partial charge in [0.1, 0.15) is 0 Å². The van der Waals surface area contributed by atoms with Crippen molar-refractivity contribution in [1.29, 1.82) is 0 Å². The molecule has 0 N–H and O–H groups in total. The molecule has 1 aliphatic heterocycles. The molecule has 4 nitrogen and oxygen atoms in total. The van der Waals surface area contributed by atoms with E-state index in [0.29, 0.717) is 18.9 Å². The highest BCUT2D eigenvalue weighted by Crippen LogP contribution is 2.44. The van der Waals surface area contributed by atoms with E-state index in [9.17, 15) is 4.79 Å². The first-order chi connectivity index (χ1) is 11.7. The van der Waals surface area contributed by atoms with Crippen molar-refractivity contribution < 1.29 is 18.8 Å². The molecular formula is C20H33BO4. The van der Waals surface area contributed by atoms with Gasteiger partial charge in [0.05, 0.1) is 24.2 Å². The lowest BCUT2D eigenvalue weighted by atomic mass is 9.66. The van der Waals surface area contributed by atoms with Gasteiger partial charge in [-0.15, -0.1) is 6.58 Å². The highest BCUT2D eigenvalue weighted by Gasteiger charge is 2.53. The Morgan fingerprint density at radius 3 is 2.24 bits per heavy atom. The summed E-state index contributed by atoms with van der Waals surface area (Å²) in [5.74, 6) is 0.227. The average molecular weight is 348 g/mol. The van der Waals surface area contributed by atoms with Crippen LogP contribution in [0, 0.1) is 5.92 Å². The summed E-state index contributed by atoms with van der Waals surface area (Å²) < 4.78 is 17.9. The zero-order chi connectivity index (χ0) is 18.7. The molecule has 2 rings (SSSR count). The fraction of sp³-hybridized carbons (Fsp3) is 0.750. The van der Waals surface area contributed by atoms with E-state index in [4.69, 9.17) is 14.0 Å². The fourth-order valence-corrected chi connectivity index (χ4v) is 3.71. The lowest BCUT2D eigenvalue weighted by molar-refractivity contribution is -0.142. The summed E-state index contributed by atoms with van der Waals surface area (Å²) >= 11 is 0. The maximum Gasteiger partial charge on any atom is 0.490 e. The zero-order valence-corrected chi connectivity index (χ0v) is 16.5. The van der Waals surface area contributed by atoms with Gasteiger partial charge in [0.15, 0.2) is 0 Å². The van der Waals surface area contributed by atoms with Crippen LogP contribution >= 0.6 is 0 Å². The van der Waals surface area contributed by atoms with E-state index in [1.165, 1.54) is 12.8 Å². The summed E-state index contributed by atoms with van der Waals surface area (Å²) in [6.07, 6.45) is 7.49. The summed E-state index contributed by atoms with van der Waals surface area (Å²) in [6.45, 7) is 14.4. The zero-order valence-electron chi connectivity index (χ0n) is 16.5. The highest BCUT2D eigenvalue weighted by molar-refractivity contribution is 6.55. The van der Waals surface area contributed by atoms with E-state index in [1.54, 1.807) is 0 Å². The Labute approximate surface area is 153 Å². The Balaban J connectivity index is 2.38. The van der Waals surface area contributed by atoms with Crippen molar-refractivity contribution in [2.24, 2.45) is 5.92 Å². The van der Waals surface area contributed by atoms with Gasteiger partial charge in [-0.2, -0.15) is 0 Å². The highest BCUT2D eigenvalue weighted by atomic mass is 16.7. The molecule has 0 aromatic heterocycles. The maximum absolute atomic E-state index is 12.1. The predicted octanol–water partition coefficient (Wildman–Crippen LogP) is 4.63. The first kappa shape index (κ1) is 20.2. The third-order valence-electron chi connectivity index (χ3n) is 5.76. The minimum atomic E-state index is -0.391. The topological polar surface area (TPSA) is 44.8 Å². The molecule has 0 spiro atoms. The monoisotopic (exact) mass is 348 g/mol. The molecule has 25 heavy (non-hydrogen) atoms.